The maximum Gasteiger partial charge on any atom is 0.191 e. The molecule has 0 bridgehead atoms. The molecule has 0 fully saturated rings. The Hall–Kier alpha value is -1.16. The van der Waals surface area contributed by atoms with E-state index in [1.54, 1.807) is 11.3 Å². The summed E-state index contributed by atoms with van der Waals surface area (Å²) >= 11 is 1.67. The standard InChI is InChI=1S/C11H15N3S/c1-3-5-8(2)10-12-11(14-13-10)9-6-4-7-15-9/h4,6-8H,3,5H2,1-2H3,(H,12,13,14). The molecule has 3 nitrogen and oxygen atoms in total. The highest BCUT2D eigenvalue weighted by Gasteiger charge is 2.11. The molecule has 0 saturated heterocycles. The fraction of sp³-hybridized carbons (Fsp3) is 0.455. The second-order valence-electron chi connectivity index (χ2n) is 3.71. The highest BCUT2D eigenvalue weighted by atomic mass is 32.1. The molecule has 15 heavy (non-hydrogen) atoms. The third-order valence-electron chi connectivity index (χ3n) is 2.43. The first-order valence-corrected chi connectivity index (χ1v) is 6.15. The van der Waals surface area contributed by atoms with Crippen LogP contribution in [0.2, 0.25) is 0 Å². The third kappa shape index (κ3) is 2.26. The van der Waals surface area contributed by atoms with E-state index in [1.807, 2.05) is 17.5 Å². The van der Waals surface area contributed by atoms with Gasteiger partial charge in [-0.05, 0) is 17.9 Å². The topological polar surface area (TPSA) is 41.6 Å². The van der Waals surface area contributed by atoms with Crippen LogP contribution in [0.5, 0.6) is 0 Å². The Bertz CT molecular complexity index is 405. The zero-order chi connectivity index (χ0) is 10.7. The van der Waals surface area contributed by atoms with Crippen molar-refractivity contribution in [2.45, 2.75) is 32.6 Å². The van der Waals surface area contributed by atoms with Gasteiger partial charge in [-0.3, -0.25) is 5.10 Å². The van der Waals surface area contributed by atoms with Crippen molar-refractivity contribution in [3.63, 3.8) is 0 Å². The lowest BCUT2D eigenvalue weighted by Crippen LogP contribution is -1.95. The lowest BCUT2D eigenvalue weighted by Gasteiger charge is -2.03. The fourth-order valence-electron chi connectivity index (χ4n) is 1.58. The summed E-state index contributed by atoms with van der Waals surface area (Å²) in [5, 5.41) is 9.30. The molecule has 4 heteroatoms. The average molecular weight is 221 g/mol. The van der Waals surface area contributed by atoms with Crippen LogP contribution < -0.4 is 0 Å². The quantitative estimate of drug-likeness (QED) is 0.859. The smallest absolute Gasteiger partial charge is 0.191 e. The number of thiophene rings is 1. The van der Waals surface area contributed by atoms with Crippen LogP contribution in [0, 0.1) is 0 Å². The molecule has 0 aliphatic heterocycles. The number of nitrogens with one attached hydrogen (secondary N) is 1. The van der Waals surface area contributed by atoms with E-state index < -0.39 is 0 Å². The van der Waals surface area contributed by atoms with Gasteiger partial charge in [0.05, 0.1) is 4.88 Å². The lowest BCUT2D eigenvalue weighted by atomic mass is 10.1. The minimum atomic E-state index is 0.469. The van der Waals surface area contributed by atoms with Gasteiger partial charge < -0.3 is 0 Å². The first kappa shape index (κ1) is 10.4. The molecule has 0 aromatic carbocycles. The second-order valence-corrected chi connectivity index (χ2v) is 4.66. The van der Waals surface area contributed by atoms with Crippen LogP contribution in [-0.2, 0) is 0 Å². The van der Waals surface area contributed by atoms with Crippen molar-refractivity contribution in [3.8, 4) is 10.7 Å². The molecule has 1 atom stereocenters. The van der Waals surface area contributed by atoms with Crippen LogP contribution in [0.15, 0.2) is 17.5 Å². The maximum atomic E-state index is 4.52. The summed E-state index contributed by atoms with van der Waals surface area (Å²) in [7, 11) is 0. The Morgan fingerprint density at radius 2 is 2.40 bits per heavy atom. The molecule has 0 aliphatic carbocycles. The molecular formula is C11H15N3S. The van der Waals surface area contributed by atoms with E-state index in [0.29, 0.717) is 5.92 Å². The number of aromatic amines is 1. The monoisotopic (exact) mass is 221 g/mol. The van der Waals surface area contributed by atoms with Gasteiger partial charge in [0.15, 0.2) is 5.82 Å². The van der Waals surface area contributed by atoms with Gasteiger partial charge in [0.25, 0.3) is 0 Å². The molecule has 0 aliphatic rings. The predicted molar refractivity (Wildman–Crippen MR) is 63.0 cm³/mol. The molecule has 2 aromatic heterocycles. The van der Waals surface area contributed by atoms with E-state index in [0.717, 1.165) is 22.9 Å². The van der Waals surface area contributed by atoms with Gasteiger partial charge in [-0.15, -0.1) is 11.3 Å². The first-order chi connectivity index (χ1) is 7.31. The number of aromatic nitrogens is 3. The fourth-order valence-corrected chi connectivity index (χ4v) is 2.24. The summed E-state index contributed by atoms with van der Waals surface area (Å²) in [6.07, 6.45) is 2.33. The number of hydrogen-bond donors (Lipinski definition) is 1. The molecule has 1 unspecified atom stereocenters. The van der Waals surface area contributed by atoms with Crippen LogP contribution >= 0.6 is 11.3 Å². The van der Waals surface area contributed by atoms with Gasteiger partial charge >= 0.3 is 0 Å². The SMILES string of the molecule is CCCC(C)c1nc(-c2cccs2)n[nH]1. The molecule has 0 saturated carbocycles. The van der Waals surface area contributed by atoms with E-state index in [9.17, 15) is 0 Å². The van der Waals surface area contributed by atoms with Crippen LogP contribution in [0.25, 0.3) is 10.7 Å². The Morgan fingerprint density at radius 1 is 1.53 bits per heavy atom. The zero-order valence-corrected chi connectivity index (χ0v) is 9.84. The van der Waals surface area contributed by atoms with Crippen LogP contribution in [0.1, 0.15) is 38.4 Å². The van der Waals surface area contributed by atoms with Crippen molar-refractivity contribution in [2.75, 3.05) is 0 Å². The summed E-state index contributed by atoms with van der Waals surface area (Å²) in [6.45, 7) is 4.37. The van der Waals surface area contributed by atoms with E-state index in [1.165, 1.54) is 6.42 Å². The van der Waals surface area contributed by atoms with Gasteiger partial charge in [0.2, 0.25) is 0 Å². The third-order valence-corrected chi connectivity index (χ3v) is 3.30. The van der Waals surface area contributed by atoms with Crippen LogP contribution in [-0.4, -0.2) is 15.2 Å². The molecule has 2 heterocycles. The van der Waals surface area contributed by atoms with Crippen molar-refractivity contribution in [1.29, 1.82) is 0 Å². The van der Waals surface area contributed by atoms with E-state index in [2.05, 4.69) is 29.0 Å². The Kier molecular flexibility index (Phi) is 3.16. The highest BCUT2D eigenvalue weighted by molar-refractivity contribution is 7.13. The van der Waals surface area contributed by atoms with Gasteiger partial charge in [-0.2, -0.15) is 5.10 Å². The van der Waals surface area contributed by atoms with Gasteiger partial charge in [0, 0.05) is 5.92 Å². The first-order valence-electron chi connectivity index (χ1n) is 5.27. The Balaban J connectivity index is 2.17. The Labute approximate surface area is 93.6 Å². The van der Waals surface area contributed by atoms with E-state index in [4.69, 9.17) is 0 Å². The summed E-state index contributed by atoms with van der Waals surface area (Å²) in [4.78, 5) is 5.64. The molecule has 2 aromatic rings. The molecule has 2 rings (SSSR count). The number of hydrogen-bond acceptors (Lipinski definition) is 3. The number of rotatable bonds is 4. The molecule has 1 N–H and O–H groups in total. The predicted octanol–water partition coefficient (Wildman–Crippen LogP) is 3.44. The molecule has 0 amide bonds. The summed E-state index contributed by atoms with van der Waals surface area (Å²) in [5.41, 5.74) is 0. The summed E-state index contributed by atoms with van der Waals surface area (Å²) in [6, 6.07) is 4.06. The van der Waals surface area contributed by atoms with Gasteiger partial charge in [0.1, 0.15) is 5.82 Å². The van der Waals surface area contributed by atoms with Crippen LogP contribution in [0.4, 0.5) is 0 Å². The average Bonchev–Trinajstić information content (AvgIpc) is 2.89. The zero-order valence-electron chi connectivity index (χ0n) is 9.03. The maximum absolute atomic E-state index is 4.52. The molecule has 0 spiro atoms. The van der Waals surface area contributed by atoms with Crippen molar-refractivity contribution < 1.29 is 0 Å². The largest absolute Gasteiger partial charge is 0.262 e. The minimum absolute atomic E-state index is 0.469. The minimum Gasteiger partial charge on any atom is -0.262 e. The van der Waals surface area contributed by atoms with Crippen molar-refractivity contribution in [3.05, 3.63) is 23.3 Å². The normalized spacial score (nSPS) is 12.9. The van der Waals surface area contributed by atoms with Crippen LogP contribution in [0.3, 0.4) is 0 Å². The molecule has 80 valence electrons. The number of H-pyrrole nitrogens is 1. The Morgan fingerprint density at radius 3 is 3.07 bits per heavy atom. The number of nitrogens with zero attached hydrogens (tertiary/aromatic N) is 2. The molecule has 0 radical (unpaired) electrons. The molecular weight excluding hydrogens is 206 g/mol. The second kappa shape index (κ2) is 4.57. The summed E-state index contributed by atoms with van der Waals surface area (Å²) < 4.78 is 0. The van der Waals surface area contributed by atoms with Gasteiger partial charge in [-0.25, -0.2) is 4.98 Å². The van der Waals surface area contributed by atoms with E-state index >= 15 is 0 Å². The van der Waals surface area contributed by atoms with Crippen molar-refractivity contribution in [1.82, 2.24) is 15.2 Å². The lowest BCUT2D eigenvalue weighted by molar-refractivity contribution is 0.629. The van der Waals surface area contributed by atoms with Gasteiger partial charge in [-0.1, -0.05) is 26.3 Å². The highest BCUT2D eigenvalue weighted by Crippen LogP contribution is 2.23. The van der Waals surface area contributed by atoms with E-state index in [-0.39, 0.29) is 0 Å². The summed E-state index contributed by atoms with van der Waals surface area (Å²) in [5.74, 6) is 2.29. The van der Waals surface area contributed by atoms with Crippen molar-refractivity contribution >= 4 is 11.3 Å². The van der Waals surface area contributed by atoms with Crippen molar-refractivity contribution in [2.24, 2.45) is 0 Å².